The molecule has 0 aliphatic carbocycles. The second-order valence-corrected chi connectivity index (χ2v) is 3.42. The molecule has 1 saturated heterocycles. The third-order valence-corrected chi connectivity index (χ3v) is 2.52. The first-order chi connectivity index (χ1) is 4.17. The molecule has 0 aromatic heterocycles. The number of ether oxygens (including phenoxy) is 1. The van der Waals surface area contributed by atoms with Gasteiger partial charge in [0.15, 0.2) is 0 Å². The summed E-state index contributed by atoms with van der Waals surface area (Å²) in [6.45, 7) is 2.20. The Labute approximate surface area is 68.1 Å². The molecule has 0 aromatic rings. The summed E-state index contributed by atoms with van der Waals surface area (Å²) in [5.74, 6) is 0. The predicted molar refractivity (Wildman–Crippen MR) is 42.8 cm³/mol. The van der Waals surface area contributed by atoms with Gasteiger partial charge in [-0.15, -0.1) is 0 Å². The smallest absolute Gasteiger partial charge is 0.137 e. The molecular formula is C6H10FIO. The first-order valence-electron chi connectivity index (χ1n) is 3.03. The molecule has 0 unspecified atom stereocenters. The van der Waals surface area contributed by atoms with Crippen LogP contribution < -0.4 is 0 Å². The minimum atomic E-state index is -1.07. The van der Waals surface area contributed by atoms with E-state index in [1.54, 1.807) is 6.92 Å². The lowest BCUT2D eigenvalue weighted by Gasteiger charge is -2.18. The molecule has 0 saturated carbocycles. The summed E-state index contributed by atoms with van der Waals surface area (Å²) in [4.78, 5) is 0. The standard InChI is InChI=1S/C6H10FIO/c1-6(7)2-3-9-5(6)4-8/h5H,2-4H2,1H3/t5-,6-/m1/s1. The summed E-state index contributed by atoms with van der Waals surface area (Å²) >= 11 is 2.15. The minimum Gasteiger partial charge on any atom is -0.374 e. The van der Waals surface area contributed by atoms with E-state index in [1.807, 2.05) is 0 Å². The first kappa shape index (κ1) is 7.72. The maximum atomic E-state index is 13.1. The molecule has 0 spiro atoms. The van der Waals surface area contributed by atoms with Crippen LogP contribution >= 0.6 is 22.6 Å². The van der Waals surface area contributed by atoms with Crippen molar-refractivity contribution in [1.82, 2.24) is 0 Å². The van der Waals surface area contributed by atoms with Crippen LogP contribution in [0.1, 0.15) is 13.3 Å². The van der Waals surface area contributed by atoms with Gasteiger partial charge < -0.3 is 4.74 Å². The quantitative estimate of drug-likeness (QED) is 0.506. The van der Waals surface area contributed by atoms with Gasteiger partial charge in [-0.2, -0.15) is 0 Å². The fourth-order valence-corrected chi connectivity index (χ4v) is 2.11. The van der Waals surface area contributed by atoms with E-state index in [1.165, 1.54) is 0 Å². The molecule has 3 heteroatoms. The summed E-state index contributed by atoms with van der Waals surface area (Å²) in [5, 5.41) is 0. The van der Waals surface area contributed by atoms with Gasteiger partial charge >= 0.3 is 0 Å². The number of alkyl halides is 2. The lowest BCUT2D eigenvalue weighted by molar-refractivity contribution is 0.0528. The van der Waals surface area contributed by atoms with Gasteiger partial charge in [0, 0.05) is 10.8 Å². The van der Waals surface area contributed by atoms with Crippen molar-refractivity contribution in [3.05, 3.63) is 0 Å². The van der Waals surface area contributed by atoms with Crippen LogP contribution in [0.4, 0.5) is 4.39 Å². The van der Waals surface area contributed by atoms with E-state index < -0.39 is 5.67 Å². The van der Waals surface area contributed by atoms with Crippen molar-refractivity contribution in [2.75, 3.05) is 11.0 Å². The highest BCUT2D eigenvalue weighted by Crippen LogP contribution is 2.30. The fourth-order valence-electron chi connectivity index (χ4n) is 0.941. The van der Waals surface area contributed by atoms with Crippen LogP contribution in [0, 0.1) is 0 Å². The fraction of sp³-hybridized carbons (Fsp3) is 1.00. The van der Waals surface area contributed by atoms with Crippen molar-refractivity contribution in [3.63, 3.8) is 0 Å². The zero-order chi connectivity index (χ0) is 6.91. The van der Waals surface area contributed by atoms with E-state index in [9.17, 15) is 4.39 Å². The van der Waals surface area contributed by atoms with Crippen LogP contribution in [-0.4, -0.2) is 22.8 Å². The first-order valence-corrected chi connectivity index (χ1v) is 4.56. The third-order valence-electron chi connectivity index (χ3n) is 1.72. The van der Waals surface area contributed by atoms with Crippen LogP contribution in [-0.2, 0) is 4.74 Å². The van der Waals surface area contributed by atoms with Crippen molar-refractivity contribution < 1.29 is 9.13 Å². The maximum absolute atomic E-state index is 13.1. The number of rotatable bonds is 1. The molecule has 0 radical (unpaired) electrons. The average Bonchev–Trinajstić information content (AvgIpc) is 2.08. The summed E-state index contributed by atoms with van der Waals surface area (Å²) in [6, 6.07) is 0. The van der Waals surface area contributed by atoms with Crippen molar-refractivity contribution in [1.29, 1.82) is 0 Å². The topological polar surface area (TPSA) is 9.23 Å². The Morgan fingerprint density at radius 3 is 2.78 bits per heavy atom. The van der Waals surface area contributed by atoms with E-state index in [0.717, 1.165) is 4.43 Å². The molecule has 0 aromatic carbocycles. The largest absolute Gasteiger partial charge is 0.374 e. The highest BCUT2D eigenvalue weighted by atomic mass is 127. The molecule has 0 bridgehead atoms. The van der Waals surface area contributed by atoms with E-state index >= 15 is 0 Å². The summed E-state index contributed by atoms with van der Waals surface area (Å²) in [6.07, 6.45) is 0.388. The van der Waals surface area contributed by atoms with Gasteiger partial charge in [0.25, 0.3) is 0 Å². The molecule has 0 amide bonds. The zero-order valence-corrected chi connectivity index (χ0v) is 7.52. The van der Waals surface area contributed by atoms with Gasteiger partial charge in [-0.1, -0.05) is 22.6 Å². The van der Waals surface area contributed by atoms with Crippen molar-refractivity contribution in [3.8, 4) is 0 Å². The molecule has 1 rings (SSSR count). The Bertz CT molecular complexity index is 105. The van der Waals surface area contributed by atoms with Gasteiger partial charge in [0.1, 0.15) is 11.8 Å². The molecule has 54 valence electrons. The third kappa shape index (κ3) is 1.55. The van der Waals surface area contributed by atoms with Gasteiger partial charge in [-0.25, -0.2) is 4.39 Å². The normalized spacial score (nSPS) is 43.7. The van der Waals surface area contributed by atoms with Crippen molar-refractivity contribution in [2.24, 2.45) is 0 Å². The highest BCUT2D eigenvalue weighted by Gasteiger charge is 2.39. The predicted octanol–water partition coefficient (Wildman–Crippen LogP) is 1.94. The lowest BCUT2D eigenvalue weighted by Crippen LogP contribution is -2.30. The van der Waals surface area contributed by atoms with Crippen LogP contribution in [0.2, 0.25) is 0 Å². The molecule has 9 heavy (non-hydrogen) atoms. The number of hydrogen-bond acceptors (Lipinski definition) is 1. The Balaban J connectivity index is 2.52. The second-order valence-electron chi connectivity index (χ2n) is 2.54. The van der Waals surface area contributed by atoms with Crippen molar-refractivity contribution in [2.45, 2.75) is 25.1 Å². The molecule has 1 aliphatic rings. The van der Waals surface area contributed by atoms with Crippen LogP contribution in [0.5, 0.6) is 0 Å². The maximum Gasteiger partial charge on any atom is 0.137 e. The zero-order valence-electron chi connectivity index (χ0n) is 5.36. The second kappa shape index (κ2) is 2.70. The molecule has 1 heterocycles. The molecule has 0 N–H and O–H groups in total. The monoisotopic (exact) mass is 244 g/mol. The van der Waals surface area contributed by atoms with Gasteiger partial charge in [-0.3, -0.25) is 0 Å². The summed E-state index contributed by atoms with van der Waals surface area (Å²) in [7, 11) is 0. The highest BCUT2D eigenvalue weighted by molar-refractivity contribution is 14.1. The van der Waals surface area contributed by atoms with Gasteiger partial charge in [0.2, 0.25) is 0 Å². The molecule has 2 atom stereocenters. The number of hydrogen-bond donors (Lipinski definition) is 0. The van der Waals surface area contributed by atoms with Gasteiger partial charge in [0.05, 0.1) is 6.61 Å². The SMILES string of the molecule is C[C@@]1(F)CCO[C@@H]1CI. The van der Waals surface area contributed by atoms with E-state index in [0.29, 0.717) is 13.0 Å². The van der Waals surface area contributed by atoms with E-state index in [2.05, 4.69) is 22.6 Å². The molecule has 1 aliphatic heterocycles. The number of halogens is 2. The summed E-state index contributed by atoms with van der Waals surface area (Å²) < 4.78 is 19.0. The molecule has 1 nitrogen and oxygen atoms in total. The Morgan fingerprint density at radius 1 is 1.89 bits per heavy atom. The van der Waals surface area contributed by atoms with Crippen LogP contribution in [0.15, 0.2) is 0 Å². The molecule has 1 fully saturated rings. The average molecular weight is 244 g/mol. The Kier molecular flexibility index (Phi) is 2.32. The van der Waals surface area contributed by atoms with Gasteiger partial charge in [-0.05, 0) is 6.92 Å². The van der Waals surface area contributed by atoms with E-state index in [4.69, 9.17) is 4.74 Å². The van der Waals surface area contributed by atoms with Crippen LogP contribution in [0.25, 0.3) is 0 Å². The van der Waals surface area contributed by atoms with E-state index in [-0.39, 0.29) is 6.10 Å². The lowest BCUT2D eigenvalue weighted by atomic mass is 10.0. The van der Waals surface area contributed by atoms with Crippen LogP contribution in [0.3, 0.4) is 0 Å². The summed E-state index contributed by atoms with van der Waals surface area (Å²) in [5.41, 5.74) is -1.07. The minimum absolute atomic E-state index is 0.168. The van der Waals surface area contributed by atoms with Crippen molar-refractivity contribution >= 4 is 22.6 Å². The Morgan fingerprint density at radius 2 is 2.56 bits per heavy atom. The molecular weight excluding hydrogens is 234 g/mol. The Hall–Kier alpha value is 0.620.